The predicted octanol–water partition coefficient (Wildman–Crippen LogP) is 5.08. The van der Waals surface area contributed by atoms with Crippen LogP contribution in [0, 0.1) is 6.08 Å². The van der Waals surface area contributed by atoms with Gasteiger partial charge in [-0.25, -0.2) is 12.2 Å². The van der Waals surface area contributed by atoms with Crippen LogP contribution in [0.1, 0.15) is 70.9 Å². The Bertz CT molecular complexity index is 1560. The van der Waals surface area contributed by atoms with Gasteiger partial charge in [-0.05, 0) is 25.7 Å². The van der Waals surface area contributed by atoms with Crippen molar-refractivity contribution >= 4 is 36.1 Å². The third kappa shape index (κ3) is 11.9. The van der Waals surface area contributed by atoms with Gasteiger partial charge in [0.2, 0.25) is 0 Å². The zero-order valence-electron chi connectivity index (χ0n) is 29.1. The first-order valence-corrected chi connectivity index (χ1v) is 18.4. The van der Waals surface area contributed by atoms with Crippen LogP contribution < -0.4 is 34.6 Å². The Morgan fingerprint density at radius 1 is 0.625 bits per heavy atom. The molecule has 0 heterocycles. The van der Waals surface area contributed by atoms with Crippen LogP contribution >= 0.6 is 0 Å². The van der Waals surface area contributed by atoms with Gasteiger partial charge in [-0.15, -0.1) is 46.2 Å². The van der Waals surface area contributed by atoms with E-state index in [0.29, 0.717) is 0 Å². The second-order valence-corrected chi connectivity index (χ2v) is 13.0. The summed E-state index contributed by atoms with van der Waals surface area (Å²) in [6, 6.07) is 37.5. The van der Waals surface area contributed by atoms with Gasteiger partial charge in [0.1, 0.15) is 0 Å². The summed E-state index contributed by atoms with van der Waals surface area (Å²) in [5.41, 5.74) is 5.39. The van der Waals surface area contributed by atoms with E-state index in [-0.39, 0.29) is 24.8 Å². The molecule has 2 nitrogen and oxygen atoms in total. The molecule has 0 bridgehead atoms. The predicted molar refractivity (Wildman–Crippen MR) is 200 cm³/mol. The molecule has 5 heteroatoms. The standard InChI is InChI=1S/C25H35N2.C13H10.C5H5.2ClH.Zr/c1-5-13-26(14-6-2)22-11-9-20-17-21-10-12-23(19-25(21)24(20)18-22)27(15-7-3)16-8-4;1-3-7-12(8-4-1)11-13-9-5-2-6-10-13;1-2-4-5-3-1;;;/h9-12,17-19H,5-8,13-16H2,1-4H3;1-10H;1-3H,4H2;2*1H;/q-1;;-1;;;+2/p-2. The number of fused-ring (bicyclic) bond motifs is 3. The summed E-state index contributed by atoms with van der Waals surface area (Å²) >= 11 is 1.46. The molecule has 0 spiro atoms. The maximum absolute atomic E-state index is 2.99. The van der Waals surface area contributed by atoms with Crippen LogP contribution in [0.15, 0.2) is 121 Å². The van der Waals surface area contributed by atoms with E-state index in [2.05, 4.69) is 153 Å². The molecule has 0 saturated carbocycles. The van der Waals surface area contributed by atoms with Crippen molar-refractivity contribution in [3.8, 4) is 0 Å². The summed E-state index contributed by atoms with van der Waals surface area (Å²) in [4.78, 5) is 5.06. The van der Waals surface area contributed by atoms with Gasteiger partial charge < -0.3 is 34.6 Å². The van der Waals surface area contributed by atoms with Crippen molar-refractivity contribution in [3.05, 3.63) is 139 Å². The zero-order valence-corrected chi connectivity index (χ0v) is 33.0. The number of nitrogens with zero attached hydrogens (tertiary/aromatic N) is 2. The maximum atomic E-state index is 2.99. The van der Waals surface area contributed by atoms with Gasteiger partial charge in [0, 0.05) is 37.6 Å². The monoisotopic (exact) mass is 754 g/mol. The van der Waals surface area contributed by atoms with Gasteiger partial charge in [0.25, 0.3) is 0 Å². The topological polar surface area (TPSA) is 6.48 Å². The van der Waals surface area contributed by atoms with Crippen LogP contribution in [-0.4, -0.2) is 29.4 Å². The first-order valence-electron chi connectivity index (χ1n) is 17.1. The first-order chi connectivity index (χ1) is 22.6. The van der Waals surface area contributed by atoms with Crippen molar-refractivity contribution in [2.75, 3.05) is 36.0 Å². The van der Waals surface area contributed by atoms with Crippen LogP contribution in [-0.2, 0) is 24.2 Å². The molecule has 252 valence electrons. The van der Waals surface area contributed by atoms with Gasteiger partial charge in [0.05, 0.1) is 0 Å². The molecule has 0 N–H and O–H groups in total. The van der Waals surface area contributed by atoms with E-state index in [1.807, 2.05) is 12.2 Å². The van der Waals surface area contributed by atoms with E-state index >= 15 is 0 Å². The molecule has 1 aliphatic rings. The Labute approximate surface area is 317 Å². The number of rotatable bonds is 12. The van der Waals surface area contributed by atoms with Crippen molar-refractivity contribution in [2.24, 2.45) is 0 Å². The molecule has 0 fully saturated rings. The SMILES string of the molecule is CCCN(CCC)c1ccc2[cH-]c3ccc(N(CCC)CCC)cc3c2c1.[C-]1=CC=CC1.[Cl-].[Cl-].[Zr+2]=[C](c1ccccc1)c1ccccc1. The van der Waals surface area contributed by atoms with Crippen LogP contribution in [0.25, 0.3) is 21.5 Å². The van der Waals surface area contributed by atoms with E-state index in [4.69, 9.17) is 0 Å². The first kappa shape index (κ1) is 41.3. The fourth-order valence-corrected chi connectivity index (χ4v) is 6.72. The molecule has 48 heavy (non-hydrogen) atoms. The Morgan fingerprint density at radius 2 is 1.04 bits per heavy atom. The Hall–Kier alpha value is -2.84. The molecular formula is C43H50Cl2N2Zr-2. The summed E-state index contributed by atoms with van der Waals surface area (Å²) in [7, 11) is 0. The second-order valence-electron chi connectivity index (χ2n) is 11.8. The van der Waals surface area contributed by atoms with Gasteiger partial charge in [-0.1, -0.05) is 52.0 Å². The van der Waals surface area contributed by atoms with Crippen molar-refractivity contribution in [1.82, 2.24) is 0 Å². The van der Waals surface area contributed by atoms with Crippen molar-refractivity contribution in [1.29, 1.82) is 0 Å². The average Bonchev–Trinajstić information content (AvgIpc) is 3.81. The van der Waals surface area contributed by atoms with E-state index in [9.17, 15) is 0 Å². The van der Waals surface area contributed by atoms with Gasteiger partial charge >= 0.3 is 99.2 Å². The molecule has 1 aliphatic carbocycles. The summed E-state index contributed by atoms with van der Waals surface area (Å²) in [6.07, 6.45) is 14.7. The summed E-state index contributed by atoms with van der Waals surface area (Å²) < 4.78 is 1.42. The number of allylic oxidation sites excluding steroid dienone is 4. The Kier molecular flexibility index (Phi) is 19.6. The zero-order chi connectivity index (χ0) is 32.6. The number of benzene rings is 4. The van der Waals surface area contributed by atoms with Crippen LogP contribution in [0.3, 0.4) is 0 Å². The van der Waals surface area contributed by atoms with Crippen molar-refractivity contribution in [3.63, 3.8) is 0 Å². The second kappa shape index (κ2) is 22.7. The molecule has 5 aromatic rings. The number of hydrogen-bond donors (Lipinski definition) is 0. The van der Waals surface area contributed by atoms with E-state index in [0.717, 1.165) is 32.6 Å². The molecule has 5 aromatic carbocycles. The Balaban J connectivity index is 0.000000317. The molecule has 0 atom stereocenters. The fraction of sp³-hybridized carbons (Fsp3) is 0.302. The van der Waals surface area contributed by atoms with Gasteiger partial charge in [-0.3, -0.25) is 6.08 Å². The average molecular weight is 757 g/mol. The molecule has 0 amide bonds. The molecule has 6 rings (SSSR count). The normalized spacial score (nSPS) is 11.1. The molecular weight excluding hydrogens is 707 g/mol. The summed E-state index contributed by atoms with van der Waals surface area (Å²) in [6.45, 7) is 13.6. The van der Waals surface area contributed by atoms with Gasteiger partial charge in [0.15, 0.2) is 0 Å². The minimum atomic E-state index is 0. The van der Waals surface area contributed by atoms with Crippen LogP contribution in [0.4, 0.5) is 11.4 Å². The van der Waals surface area contributed by atoms with E-state index in [1.165, 1.54) is 97.2 Å². The number of hydrogen-bond acceptors (Lipinski definition) is 2. The molecule has 0 aromatic heterocycles. The molecule has 0 unspecified atom stereocenters. The quantitative estimate of drug-likeness (QED) is 0.164. The van der Waals surface area contributed by atoms with Gasteiger partial charge in [-0.2, -0.15) is 6.08 Å². The number of halogens is 2. The Morgan fingerprint density at radius 3 is 1.35 bits per heavy atom. The summed E-state index contributed by atoms with van der Waals surface area (Å²) in [5.74, 6) is 0. The molecule has 0 radical (unpaired) electrons. The van der Waals surface area contributed by atoms with Crippen molar-refractivity contribution < 1.29 is 49.0 Å². The van der Waals surface area contributed by atoms with E-state index < -0.39 is 0 Å². The fourth-order valence-electron chi connectivity index (χ4n) is 5.90. The third-order valence-electron chi connectivity index (χ3n) is 8.09. The van der Waals surface area contributed by atoms with E-state index in [1.54, 1.807) is 0 Å². The minimum absolute atomic E-state index is 0. The third-order valence-corrected chi connectivity index (χ3v) is 9.51. The van der Waals surface area contributed by atoms with Crippen LogP contribution in [0.5, 0.6) is 0 Å². The number of anilines is 2. The summed E-state index contributed by atoms with van der Waals surface area (Å²) in [5, 5.41) is 5.51. The van der Waals surface area contributed by atoms with Crippen LogP contribution in [0.2, 0.25) is 0 Å². The van der Waals surface area contributed by atoms with Crippen molar-refractivity contribution in [2.45, 2.75) is 59.8 Å². The molecule has 0 saturated heterocycles. The molecule has 0 aliphatic heterocycles.